The summed E-state index contributed by atoms with van der Waals surface area (Å²) in [5.74, 6) is -4.09. The first kappa shape index (κ1) is 79.2. The zero-order chi connectivity index (χ0) is 57.3. The number of anilines is 5. The van der Waals surface area contributed by atoms with E-state index in [0.717, 1.165) is 42.5 Å². The fraction of sp³-hybridized carbons (Fsp3) is 0.0455. The minimum Gasteiger partial charge on any atom is -0.744 e. The SMILES string of the molecule is Cc1ccc(C(=O)Nc2ccc(S(=O)(=O)[O-])c3cc(S(=O)(=O)[O-])cc(S(=O)(=O)[O-])c23)cc1NC(=O)c1cc(N)cc(C(=O)Nc2cc(C(=O)Nc3ccc(S(=O)(=O)[O-])c4cc(S(=O)(=O)[O-])cc(S(=O)(=O)[O-])c34)ccc2C)c1.[Na+].[Na+].[Na+].[Na+].[Na+].[Na+]. The summed E-state index contributed by atoms with van der Waals surface area (Å²) in [7, 11) is -33.8. The number of hydrogen-bond donors (Lipinski definition) is 5. The number of fused-ring (bicyclic) bond motifs is 2. The van der Waals surface area contributed by atoms with E-state index in [1.807, 2.05) is 0 Å². The van der Waals surface area contributed by atoms with Crippen molar-refractivity contribution in [3.05, 3.63) is 137 Å². The van der Waals surface area contributed by atoms with Gasteiger partial charge in [0.05, 0.1) is 40.7 Å². The summed E-state index contributed by atoms with van der Waals surface area (Å²) in [6.07, 6.45) is 0. The standard InChI is InChI=1S/C44H35N5O22S6.6Na/c1-20-3-5-22(41(50)46-31-7-9-35(74(60,61)62)29-16-27(72(54,55)56)18-37(39(29)31)76(66,67)68)14-33(20)48-43(52)24-11-25(13-26(45)12-24)44(53)49-34-15-23(6-4-21(34)2)42(51)47-32-8-10-36(75(63,64)65)30-17-28(73(57,58)59)19-38(40(30)32)77(69,70)71;;;;;;/h3-19H,45H2,1-2H3,(H,46,50)(H,47,51)(H,48,52)(H,49,53)(H,54,55,56)(H,57,58,59)(H,60,61,62)(H,63,64,65)(H,66,67,68)(H,69,70,71);;;;;;/q;6*+1/p-6. The van der Waals surface area contributed by atoms with Crippen molar-refractivity contribution in [2.45, 2.75) is 43.2 Å². The van der Waals surface area contributed by atoms with Gasteiger partial charge in [0.2, 0.25) is 0 Å². The predicted octanol–water partition coefficient (Wildman–Crippen LogP) is -15.4. The summed E-state index contributed by atoms with van der Waals surface area (Å²) >= 11 is 0. The van der Waals surface area contributed by atoms with Gasteiger partial charge in [-0.25, -0.2) is 50.5 Å². The molecule has 83 heavy (non-hydrogen) atoms. The molecule has 27 nitrogen and oxygen atoms in total. The Balaban J connectivity index is 0.00000574. The van der Waals surface area contributed by atoms with Gasteiger partial charge < -0.3 is 54.3 Å². The zero-order valence-corrected chi connectivity index (χ0v) is 61.2. The minimum absolute atomic E-state index is 0. The second-order valence-electron chi connectivity index (χ2n) is 16.4. The number of benzene rings is 7. The van der Waals surface area contributed by atoms with E-state index < -0.39 is 147 Å². The quantitative estimate of drug-likeness (QED) is 0.0383. The average Bonchev–Trinajstić information content (AvgIpc) is 3.29. The number of carbonyl (C=O) groups excluding carboxylic acids is 4. The van der Waals surface area contributed by atoms with E-state index in [1.54, 1.807) is 0 Å². The van der Waals surface area contributed by atoms with Gasteiger partial charge in [0.15, 0.2) is 0 Å². The van der Waals surface area contributed by atoms with E-state index in [9.17, 15) is 97.0 Å². The first-order valence-electron chi connectivity index (χ1n) is 20.7. The number of aryl methyl sites for hydroxylation is 2. The van der Waals surface area contributed by atoms with Crippen LogP contribution >= 0.6 is 0 Å². The Bertz CT molecular complexity index is 4260. The molecule has 0 heterocycles. The van der Waals surface area contributed by atoms with Crippen LogP contribution in [0.5, 0.6) is 0 Å². The van der Waals surface area contributed by atoms with E-state index in [0.29, 0.717) is 35.4 Å². The predicted molar refractivity (Wildman–Crippen MR) is 261 cm³/mol. The Morgan fingerprint density at radius 2 is 0.627 bits per heavy atom. The van der Waals surface area contributed by atoms with Crippen LogP contribution in [0.3, 0.4) is 0 Å². The van der Waals surface area contributed by atoms with Crippen molar-refractivity contribution in [1.29, 1.82) is 0 Å². The van der Waals surface area contributed by atoms with E-state index in [4.69, 9.17) is 5.73 Å². The maximum atomic E-state index is 13.7. The number of hydrogen-bond acceptors (Lipinski definition) is 23. The molecule has 0 saturated heterocycles. The van der Waals surface area contributed by atoms with Crippen molar-refractivity contribution in [3.63, 3.8) is 0 Å². The second-order valence-corrected chi connectivity index (χ2v) is 24.5. The fourth-order valence-corrected chi connectivity index (χ4v) is 11.6. The third kappa shape index (κ3) is 18.6. The van der Waals surface area contributed by atoms with Gasteiger partial charge in [0.1, 0.15) is 60.7 Å². The molecule has 0 spiro atoms. The van der Waals surface area contributed by atoms with Crippen molar-refractivity contribution in [1.82, 2.24) is 0 Å². The summed E-state index contributed by atoms with van der Waals surface area (Å²) < 4.78 is 218. The van der Waals surface area contributed by atoms with Crippen LogP contribution in [0.2, 0.25) is 0 Å². The van der Waals surface area contributed by atoms with Crippen LogP contribution in [0.15, 0.2) is 133 Å². The molecular formula is C44H29N5Na6O22S6. The molecule has 0 radical (unpaired) electrons. The molecule has 4 amide bonds. The average molecular weight is 1310 g/mol. The molecule has 0 aliphatic heterocycles. The summed E-state index contributed by atoms with van der Waals surface area (Å²) in [6.45, 7) is 2.98. The normalized spacial score (nSPS) is 11.6. The molecule has 39 heteroatoms. The van der Waals surface area contributed by atoms with Gasteiger partial charge in [0, 0.05) is 60.9 Å². The molecule has 0 bridgehead atoms. The Labute approximate surface area is 606 Å². The van der Waals surface area contributed by atoms with Gasteiger partial charge in [-0.2, -0.15) is 0 Å². The van der Waals surface area contributed by atoms with Gasteiger partial charge in [-0.15, -0.1) is 0 Å². The molecule has 0 fully saturated rings. The van der Waals surface area contributed by atoms with Crippen LogP contribution in [0.1, 0.15) is 52.6 Å². The number of nitrogens with one attached hydrogen (secondary N) is 4. The maximum absolute atomic E-state index is 13.7. The van der Waals surface area contributed by atoms with Crippen LogP contribution in [0, 0.1) is 13.8 Å². The van der Waals surface area contributed by atoms with Crippen LogP contribution in [0.25, 0.3) is 21.5 Å². The van der Waals surface area contributed by atoms with Crippen molar-refractivity contribution >= 4 is 134 Å². The van der Waals surface area contributed by atoms with Crippen molar-refractivity contribution in [3.8, 4) is 0 Å². The molecule has 0 aromatic heterocycles. The largest absolute Gasteiger partial charge is 1.00 e. The molecule has 6 N–H and O–H groups in total. The monoisotopic (exact) mass is 1310 g/mol. The number of rotatable bonds is 14. The van der Waals surface area contributed by atoms with E-state index in [-0.39, 0.29) is 229 Å². The Morgan fingerprint density at radius 3 is 0.916 bits per heavy atom. The van der Waals surface area contributed by atoms with Crippen LogP contribution in [-0.4, -0.2) is 101 Å². The van der Waals surface area contributed by atoms with Crippen molar-refractivity contribution in [2.75, 3.05) is 27.0 Å². The molecule has 0 aliphatic rings. The third-order valence-electron chi connectivity index (χ3n) is 11.2. The zero-order valence-electron chi connectivity index (χ0n) is 44.3. The van der Waals surface area contributed by atoms with E-state index in [2.05, 4.69) is 21.3 Å². The molecular weight excluding hydrogens is 1280 g/mol. The van der Waals surface area contributed by atoms with Gasteiger partial charge in [-0.3, -0.25) is 19.2 Å². The Hall–Kier alpha value is -1.80. The topological polar surface area (TPSA) is 486 Å². The summed E-state index contributed by atoms with van der Waals surface area (Å²) in [6, 6.07) is 14.2. The third-order valence-corrected chi connectivity index (χ3v) is 16.3. The van der Waals surface area contributed by atoms with Crippen LogP contribution in [-0.2, 0) is 60.7 Å². The maximum Gasteiger partial charge on any atom is 1.00 e. The number of carbonyl (C=O) groups is 4. The van der Waals surface area contributed by atoms with Crippen LogP contribution < -0.4 is 204 Å². The van der Waals surface area contributed by atoms with Gasteiger partial charge >= 0.3 is 177 Å². The number of amides is 4. The molecule has 7 rings (SSSR count). The summed E-state index contributed by atoms with van der Waals surface area (Å²) in [4.78, 5) is 46.5. The van der Waals surface area contributed by atoms with Crippen molar-refractivity contribution < 1.29 is 274 Å². The molecule has 404 valence electrons. The Kier molecular flexibility index (Phi) is 28.3. The van der Waals surface area contributed by atoms with Gasteiger partial charge in [-0.1, -0.05) is 12.1 Å². The van der Waals surface area contributed by atoms with Crippen LogP contribution in [0.4, 0.5) is 28.4 Å². The Morgan fingerprint density at radius 1 is 0.337 bits per heavy atom. The van der Waals surface area contributed by atoms with Crippen molar-refractivity contribution in [2.24, 2.45) is 0 Å². The summed E-state index contributed by atoms with van der Waals surface area (Å²) in [5.41, 5.74) is 4.08. The molecule has 7 aromatic carbocycles. The fourth-order valence-electron chi connectivity index (χ4n) is 7.60. The number of nitrogen functional groups attached to an aromatic ring is 1. The molecule has 0 unspecified atom stereocenters. The molecule has 7 aromatic rings. The van der Waals surface area contributed by atoms with E-state index >= 15 is 0 Å². The van der Waals surface area contributed by atoms with Gasteiger partial charge in [-0.05, 0) is 116 Å². The number of nitrogens with two attached hydrogens (primary N) is 1. The molecule has 0 atom stereocenters. The first-order valence-corrected chi connectivity index (χ1v) is 29.1. The first-order chi connectivity index (χ1) is 35.3. The second kappa shape index (κ2) is 29.7. The van der Waals surface area contributed by atoms with Gasteiger partial charge in [0.25, 0.3) is 23.6 Å². The minimum atomic E-state index is -5.77. The smallest absolute Gasteiger partial charge is 0.744 e. The molecule has 0 aliphatic carbocycles. The summed E-state index contributed by atoms with van der Waals surface area (Å²) in [5, 5.41) is 5.62. The van der Waals surface area contributed by atoms with E-state index in [1.165, 1.54) is 38.1 Å². The molecule has 0 saturated carbocycles.